The number of rotatable bonds is 15. The highest BCUT2D eigenvalue weighted by Gasteiger charge is 2.48. The van der Waals surface area contributed by atoms with Crippen LogP contribution in [0, 0.1) is 0 Å². The van der Waals surface area contributed by atoms with Gasteiger partial charge < -0.3 is 76.1 Å². The Balaban J connectivity index is 1.61. The molecule has 3 N–H and O–H groups in total. The lowest BCUT2D eigenvalue weighted by Crippen LogP contribution is -2.40. The van der Waals surface area contributed by atoms with Gasteiger partial charge in [-0.1, -0.05) is 0 Å². The minimum Gasteiger partial charge on any atom is -0.756 e. The van der Waals surface area contributed by atoms with E-state index in [2.05, 4.69) is 9.05 Å². The second-order valence-corrected chi connectivity index (χ2v) is 13.4. The Hall–Kier alpha value is 0.245. The Kier molecular flexibility index (Phi) is 12.9. The fourth-order valence-corrected chi connectivity index (χ4v) is 6.68. The van der Waals surface area contributed by atoms with Gasteiger partial charge in [0.05, 0.1) is 19.8 Å². The predicted molar refractivity (Wildman–Crippen MR) is 129 cm³/mol. The van der Waals surface area contributed by atoms with Crippen molar-refractivity contribution in [3.8, 4) is 0 Å². The van der Waals surface area contributed by atoms with E-state index >= 15 is 0 Å². The van der Waals surface area contributed by atoms with E-state index in [0.29, 0.717) is 0 Å². The molecular weight excluding hydrogens is 634 g/mol. The predicted octanol–water partition coefficient (Wildman–Crippen LogP) is -5.36. The van der Waals surface area contributed by atoms with Crippen molar-refractivity contribution >= 4 is 47.0 Å². The number of hydrogen-bond acceptors (Lipinski definition) is 19. The van der Waals surface area contributed by atoms with Gasteiger partial charge in [0.15, 0.2) is 0 Å². The number of phosphoric ester groups is 3. The van der Waals surface area contributed by atoms with E-state index in [9.17, 15) is 43.7 Å². The average Bonchev–Trinajstić information content (AvgIpc) is 3.43. The molecule has 0 aromatic carbocycles. The van der Waals surface area contributed by atoms with Gasteiger partial charge in [-0.3, -0.25) is 13.7 Å². The lowest BCUT2D eigenvalue weighted by molar-refractivity contribution is -0.240. The molecule has 15 unspecified atom stereocenters. The van der Waals surface area contributed by atoms with Gasteiger partial charge in [0.2, 0.25) is 0 Å². The molecule has 42 heavy (non-hydrogen) atoms. The number of ether oxygens (including phenoxy) is 4. The summed E-state index contributed by atoms with van der Waals surface area (Å²) in [4.78, 5) is 36.6. The molecule has 3 aliphatic rings. The first-order chi connectivity index (χ1) is 19.4. The Morgan fingerprint density at radius 2 is 0.929 bits per heavy atom. The minimum atomic E-state index is -5.43. The van der Waals surface area contributed by atoms with E-state index in [1.54, 1.807) is 0 Å². The highest BCUT2D eigenvalue weighted by atomic mass is 31.2. The maximum Gasteiger partial charge on any atom is 0.268 e. The second kappa shape index (κ2) is 14.8. The van der Waals surface area contributed by atoms with Crippen LogP contribution in [0.25, 0.3) is 0 Å². The lowest BCUT2D eigenvalue weighted by Gasteiger charge is -2.33. The molecule has 0 bridgehead atoms. The van der Waals surface area contributed by atoms with Crippen LogP contribution >= 0.6 is 23.5 Å². The van der Waals surface area contributed by atoms with Gasteiger partial charge in [0, 0.05) is 32.2 Å². The highest BCUT2D eigenvalue weighted by Crippen LogP contribution is 2.48. The third kappa shape index (κ3) is 9.39. The van der Waals surface area contributed by atoms with Crippen LogP contribution in [0.2, 0.25) is 0 Å². The maximum atomic E-state index is 12.5. The summed E-state index contributed by atoms with van der Waals surface area (Å²) in [6, 6.07) is -4.33. The van der Waals surface area contributed by atoms with Crippen molar-refractivity contribution in [2.24, 2.45) is 0 Å². The van der Waals surface area contributed by atoms with Gasteiger partial charge in [0.1, 0.15) is 78.5 Å². The Bertz CT molecular complexity index is 1040. The molecule has 0 saturated carbocycles. The smallest absolute Gasteiger partial charge is 0.268 e. The van der Waals surface area contributed by atoms with Crippen molar-refractivity contribution in [2.45, 2.75) is 72.9 Å². The summed E-state index contributed by atoms with van der Waals surface area (Å²) < 4.78 is 84.8. The molecule has 3 aliphatic heterocycles. The van der Waals surface area contributed by atoms with Crippen LogP contribution in [0.3, 0.4) is 0 Å². The van der Waals surface area contributed by atoms with Crippen molar-refractivity contribution < 1.29 is 89.8 Å². The third-order valence-corrected chi connectivity index (χ3v) is 9.10. The van der Waals surface area contributed by atoms with Crippen LogP contribution < -0.4 is 14.7 Å². The molecule has 25 heteroatoms. The van der Waals surface area contributed by atoms with Gasteiger partial charge in [-0.2, -0.15) is 0 Å². The number of aliphatic hydroxyl groups excluding tert-OH is 3. The van der Waals surface area contributed by atoms with Crippen molar-refractivity contribution in [2.75, 3.05) is 34.0 Å². The molecule has 0 aromatic rings. The molecule has 3 heterocycles. The standard InChI is InChI=1S/C17H30B3O19P3/c1-30-3-6-12(9(21)15(18)34-6)38-41(26,27)33-5-8-14(11(23)17(20)36-8)39-42(28,29)32-4-7-13(10(22)16(19)35-7)37-40(24,25)31-2/h6-17,21-23H,3-5H2,1-2H3,(H,24,25)(H,26,27)(H,28,29)/p-3. The van der Waals surface area contributed by atoms with Crippen LogP contribution in [0.1, 0.15) is 0 Å². The zero-order valence-corrected chi connectivity index (χ0v) is 24.7. The molecule has 15 atom stereocenters. The first kappa shape index (κ1) is 36.7. The molecule has 0 aromatic heterocycles. The minimum absolute atomic E-state index is 0.191. The van der Waals surface area contributed by atoms with Crippen molar-refractivity contribution in [1.82, 2.24) is 0 Å². The zero-order valence-electron chi connectivity index (χ0n) is 22.0. The first-order valence-electron chi connectivity index (χ1n) is 12.0. The maximum absolute atomic E-state index is 12.5. The van der Waals surface area contributed by atoms with E-state index in [4.69, 9.17) is 60.6 Å². The first-order valence-corrected chi connectivity index (χ1v) is 16.4. The summed E-state index contributed by atoms with van der Waals surface area (Å²) >= 11 is 0. The number of hydrogen-bond donors (Lipinski definition) is 3. The van der Waals surface area contributed by atoms with E-state index in [0.717, 1.165) is 7.11 Å². The van der Waals surface area contributed by atoms with Gasteiger partial charge >= 0.3 is 0 Å². The zero-order chi connectivity index (χ0) is 31.6. The quantitative estimate of drug-likeness (QED) is 0.109. The van der Waals surface area contributed by atoms with E-state index < -0.39 is 110 Å². The molecular formula is C17H27B3O19P3-3. The van der Waals surface area contributed by atoms with Gasteiger partial charge in [0.25, 0.3) is 23.5 Å². The molecule has 3 rings (SSSR count). The molecule has 0 amide bonds. The van der Waals surface area contributed by atoms with E-state index in [1.165, 1.54) is 7.11 Å². The summed E-state index contributed by atoms with van der Waals surface area (Å²) in [6.07, 6.45) is -14.5. The van der Waals surface area contributed by atoms with Crippen LogP contribution in [0.15, 0.2) is 0 Å². The fourth-order valence-electron chi connectivity index (χ4n) is 4.14. The van der Waals surface area contributed by atoms with Crippen LogP contribution in [-0.4, -0.2) is 146 Å². The summed E-state index contributed by atoms with van der Waals surface area (Å²) in [6.45, 7) is -2.17. The summed E-state index contributed by atoms with van der Waals surface area (Å²) in [5.41, 5.74) is 0. The number of phosphoric acid groups is 3. The molecule has 0 aliphatic carbocycles. The second-order valence-electron chi connectivity index (χ2n) is 9.17. The van der Waals surface area contributed by atoms with E-state index in [-0.39, 0.29) is 6.61 Å². The Morgan fingerprint density at radius 1 is 0.619 bits per heavy atom. The van der Waals surface area contributed by atoms with Gasteiger partial charge in [-0.05, 0) is 0 Å². The number of methoxy groups -OCH3 is 1. The average molecular weight is 661 g/mol. The molecule has 0 spiro atoms. The van der Waals surface area contributed by atoms with Crippen LogP contribution in [-0.2, 0) is 59.8 Å². The normalized spacial score (nSPS) is 43.1. The molecule has 6 radical (unpaired) electrons. The largest absolute Gasteiger partial charge is 0.756 e. The van der Waals surface area contributed by atoms with Crippen LogP contribution in [0.4, 0.5) is 0 Å². The third-order valence-electron chi connectivity index (χ3n) is 6.22. The van der Waals surface area contributed by atoms with Crippen molar-refractivity contribution in [3.05, 3.63) is 0 Å². The molecule has 19 nitrogen and oxygen atoms in total. The van der Waals surface area contributed by atoms with Crippen molar-refractivity contribution in [1.29, 1.82) is 0 Å². The Labute approximate surface area is 244 Å². The highest BCUT2D eigenvalue weighted by molar-refractivity contribution is 7.46. The monoisotopic (exact) mass is 661 g/mol. The van der Waals surface area contributed by atoms with Crippen molar-refractivity contribution in [3.63, 3.8) is 0 Å². The number of aliphatic hydroxyl groups is 3. The van der Waals surface area contributed by atoms with Crippen LogP contribution in [0.5, 0.6) is 0 Å². The molecule has 236 valence electrons. The summed E-state index contributed by atoms with van der Waals surface area (Å²) in [7, 11) is 3.09. The van der Waals surface area contributed by atoms with Gasteiger partial charge in [-0.15, -0.1) is 0 Å². The Morgan fingerprint density at radius 3 is 1.24 bits per heavy atom. The summed E-state index contributed by atoms with van der Waals surface area (Å²) in [5.74, 6) is 0. The molecule has 3 saturated heterocycles. The van der Waals surface area contributed by atoms with E-state index in [1.807, 2.05) is 0 Å². The summed E-state index contributed by atoms with van der Waals surface area (Å²) in [5, 5.41) is 30.4. The molecule has 3 fully saturated rings. The topological polar surface area (TPSA) is 273 Å². The van der Waals surface area contributed by atoms with Gasteiger partial charge in [-0.25, -0.2) is 0 Å². The SMILES string of the molecule is [B]C1OC(COP(=O)([O-])OC2C(COP(=O)([O-])OC3C(COC)OC([B])C3O)OC([B])C2O)C(OP(=O)([O-])OC)C1O. The fraction of sp³-hybridized carbons (Fsp3) is 1.00. The lowest BCUT2D eigenvalue weighted by atomic mass is 9.93.